The zero-order chi connectivity index (χ0) is 18.6. The maximum atomic E-state index is 11.1. The van der Waals surface area contributed by atoms with Gasteiger partial charge in [0.2, 0.25) is 0 Å². The van der Waals surface area contributed by atoms with E-state index in [0.29, 0.717) is 19.0 Å². The van der Waals surface area contributed by atoms with E-state index in [1.54, 1.807) is 6.21 Å². The van der Waals surface area contributed by atoms with E-state index in [9.17, 15) is 4.79 Å². The number of H-pyrrole nitrogens is 1. The summed E-state index contributed by atoms with van der Waals surface area (Å²) in [7, 11) is 0. The minimum Gasteiger partial charge on any atom is -0.490 e. The summed E-state index contributed by atoms with van der Waals surface area (Å²) in [4.78, 5) is 14.7. The standard InChI is InChI=1S/C18H25N5O3/c1-3-5-6-7-10-26-15-9-8-14(11-16(15)25-4-2)12-19-22-17-13-20-23-18(24)21-17/h8-9,11-13H,3-7,10H2,1-2H3,(H2,21,22,23,24)/b19-12+. The van der Waals surface area contributed by atoms with Gasteiger partial charge in [-0.1, -0.05) is 26.2 Å². The Morgan fingerprint density at radius 2 is 2.08 bits per heavy atom. The highest BCUT2D eigenvalue weighted by Crippen LogP contribution is 2.28. The first kappa shape index (κ1) is 19.4. The fraction of sp³-hybridized carbons (Fsp3) is 0.444. The average Bonchev–Trinajstić information content (AvgIpc) is 2.63. The number of anilines is 1. The molecule has 0 bridgehead atoms. The molecule has 1 heterocycles. The third-order valence-electron chi connectivity index (χ3n) is 3.48. The monoisotopic (exact) mass is 359 g/mol. The number of nitrogens with one attached hydrogen (secondary N) is 2. The van der Waals surface area contributed by atoms with Gasteiger partial charge in [-0.3, -0.25) is 5.43 Å². The predicted molar refractivity (Wildman–Crippen MR) is 101 cm³/mol. The van der Waals surface area contributed by atoms with Crippen molar-refractivity contribution in [3.63, 3.8) is 0 Å². The maximum absolute atomic E-state index is 11.1. The molecule has 8 nitrogen and oxygen atoms in total. The Hall–Kier alpha value is -2.90. The fourth-order valence-corrected chi connectivity index (χ4v) is 2.24. The predicted octanol–water partition coefficient (Wildman–Crippen LogP) is 2.97. The van der Waals surface area contributed by atoms with E-state index >= 15 is 0 Å². The van der Waals surface area contributed by atoms with E-state index in [1.807, 2.05) is 25.1 Å². The van der Waals surface area contributed by atoms with Crippen LogP contribution in [0.2, 0.25) is 0 Å². The number of ether oxygens (including phenoxy) is 2. The number of hydrogen-bond acceptors (Lipinski definition) is 7. The van der Waals surface area contributed by atoms with Gasteiger partial charge in [-0.15, -0.1) is 0 Å². The first-order chi connectivity index (χ1) is 12.7. The van der Waals surface area contributed by atoms with Crippen LogP contribution in [-0.4, -0.2) is 34.6 Å². The second kappa shape index (κ2) is 10.9. The lowest BCUT2D eigenvalue weighted by molar-refractivity contribution is 0.270. The highest BCUT2D eigenvalue weighted by atomic mass is 16.5. The van der Waals surface area contributed by atoms with E-state index in [4.69, 9.17) is 9.47 Å². The van der Waals surface area contributed by atoms with Gasteiger partial charge in [0, 0.05) is 0 Å². The van der Waals surface area contributed by atoms with Gasteiger partial charge in [0.1, 0.15) is 0 Å². The summed E-state index contributed by atoms with van der Waals surface area (Å²) in [6, 6.07) is 5.62. The minimum atomic E-state index is -0.538. The molecule has 0 aliphatic heterocycles. The van der Waals surface area contributed by atoms with Crippen molar-refractivity contribution in [2.75, 3.05) is 18.6 Å². The first-order valence-corrected chi connectivity index (χ1v) is 8.83. The second-order valence-electron chi connectivity index (χ2n) is 5.59. The molecule has 1 aromatic carbocycles. The summed E-state index contributed by atoms with van der Waals surface area (Å²) >= 11 is 0. The van der Waals surface area contributed by atoms with E-state index in [1.165, 1.54) is 25.5 Å². The number of aromatic nitrogens is 3. The zero-order valence-electron chi connectivity index (χ0n) is 15.2. The lowest BCUT2D eigenvalue weighted by atomic mass is 10.2. The van der Waals surface area contributed by atoms with Crippen molar-refractivity contribution in [1.29, 1.82) is 0 Å². The van der Waals surface area contributed by atoms with E-state index < -0.39 is 5.69 Å². The Morgan fingerprint density at radius 3 is 2.85 bits per heavy atom. The van der Waals surface area contributed by atoms with E-state index in [0.717, 1.165) is 17.7 Å². The summed E-state index contributed by atoms with van der Waals surface area (Å²) in [6.07, 6.45) is 7.61. The number of aromatic amines is 1. The van der Waals surface area contributed by atoms with Gasteiger partial charge < -0.3 is 9.47 Å². The number of benzene rings is 1. The van der Waals surface area contributed by atoms with Crippen LogP contribution in [0.4, 0.5) is 5.82 Å². The Labute approximate surface area is 152 Å². The van der Waals surface area contributed by atoms with Gasteiger partial charge in [0.15, 0.2) is 17.3 Å². The molecule has 26 heavy (non-hydrogen) atoms. The number of hydrogen-bond donors (Lipinski definition) is 2. The molecule has 2 rings (SSSR count). The molecule has 0 amide bonds. The molecule has 8 heteroatoms. The van der Waals surface area contributed by atoms with Crippen molar-refractivity contribution >= 4 is 12.0 Å². The molecule has 1 aromatic heterocycles. The van der Waals surface area contributed by atoms with Crippen LogP contribution in [0.1, 0.15) is 45.1 Å². The first-order valence-electron chi connectivity index (χ1n) is 8.83. The van der Waals surface area contributed by atoms with Crippen molar-refractivity contribution < 1.29 is 9.47 Å². The quantitative estimate of drug-likeness (QED) is 0.363. The minimum absolute atomic E-state index is 0.266. The Bertz CT molecular complexity index is 760. The van der Waals surface area contributed by atoms with Crippen LogP contribution in [0, 0.1) is 0 Å². The van der Waals surface area contributed by atoms with Gasteiger partial charge in [0.05, 0.1) is 25.6 Å². The molecule has 0 unspecified atom stereocenters. The molecule has 2 aromatic rings. The molecule has 2 N–H and O–H groups in total. The van der Waals surface area contributed by atoms with Crippen molar-refractivity contribution in [1.82, 2.24) is 15.2 Å². The summed E-state index contributed by atoms with van der Waals surface area (Å²) < 4.78 is 11.5. The molecule has 0 saturated heterocycles. The smallest absolute Gasteiger partial charge is 0.363 e. The summed E-state index contributed by atoms with van der Waals surface area (Å²) in [5.41, 5.74) is 2.95. The molecule has 0 radical (unpaired) electrons. The van der Waals surface area contributed by atoms with E-state index in [2.05, 4.69) is 32.6 Å². The molecular formula is C18H25N5O3. The van der Waals surface area contributed by atoms with Gasteiger partial charge in [0.25, 0.3) is 0 Å². The SMILES string of the molecule is CCCCCCOc1ccc(/C=N/Nc2cn[nH]c(=O)n2)cc1OCC. The molecular weight excluding hydrogens is 334 g/mol. The molecule has 0 spiro atoms. The van der Waals surface area contributed by atoms with Gasteiger partial charge in [-0.25, -0.2) is 9.89 Å². The van der Waals surface area contributed by atoms with Crippen LogP contribution < -0.4 is 20.6 Å². The number of hydrazone groups is 1. The number of rotatable bonds is 11. The Morgan fingerprint density at radius 1 is 1.19 bits per heavy atom. The fourth-order valence-electron chi connectivity index (χ4n) is 2.24. The summed E-state index contributed by atoms with van der Waals surface area (Å²) in [6.45, 7) is 5.34. The summed E-state index contributed by atoms with van der Waals surface area (Å²) in [5, 5.41) is 9.88. The average molecular weight is 359 g/mol. The third-order valence-corrected chi connectivity index (χ3v) is 3.48. The largest absolute Gasteiger partial charge is 0.490 e. The number of nitrogens with zero attached hydrogens (tertiary/aromatic N) is 3. The molecule has 0 atom stereocenters. The molecule has 0 aliphatic carbocycles. The maximum Gasteiger partial charge on any atom is 0.363 e. The normalized spacial score (nSPS) is 10.8. The molecule has 0 aliphatic rings. The van der Waals surface area contributed by atoms with Gasteiger partial charge in [-0.2, -0.15) is 15.2 Å². The lowest BCUT2D eigenvalue weighted by Crippen LogP contribution is -2.13. The van der Waals surface area contributed by atoms with Crippen molar-refractivity contribution in [3.05, 3.63) is 40.4 Å². The van der Waals surface area contributed by atoms with Crippen molar-refractivity contribution in [2.24, 2.45) is 5.10 Å². The van der Waals surface area contributed by atoms with Crippen LogP contribution >= 0.6 is 0 Å². The van der Waals surface area contributed by atoms with Crippen LogP contribution in [-0.2, 0) is 0 Å². The topological polar surface area (TPSA) is 101 Å². The van der Waals surface area contributed by atoms with Crippen LogP contribution in [0.15, 0.2) is 34.3 Å². The highest BCUT2D eigenvalue weighted by Gasteiger charge is 2.06. The second-order valence-corrected chi connectivity index (χ2v) is 5.59. The highest BCUT2D eigenvalue weighted by molar-refractivity contribution is 5.81. The van der Waals surface area contributed by atoms with Crippen LogP contribution in [0.25, 0.3) is 0 Å². The van der Waals surface area contributed by atoms with Crippen molar-refractivity contribution in [3.8, 4) is 11.5 Å². The number of unbranched alkanes of at least 4 members (excludes halogenated alkanes) is 3. The van der Waals surface area contributed by atoms with Crippen LogP contribution in [0.5, 0.6) is 11.5 Å². The van der Waals surface area contributed by atoms with Gasteiger partial charge in [-0.05, 0) is 37.1 Å². The van der Waals surface area contributed by atoms with Crippen molar-refractivity contribution in [2.45, 2.75) is 39.5 Å². The molecule has 0 saturated carbocycles. The zero-order valence-corrected chi connectivity index (χ0v) is 15.2. The third kappa shape index (κ3) is 6.54. The Balaban J connectivity index is 1.97. The van der Waals surface area contributed by atoms with Crippen LogP contribution in [0.3, 0.4) is 0 Å². The molecule has 0 fully saturated rings. The Kier molecular flexibility index (Phi) is 8.11. The molecule has 140 valence electrons. The van der Waals surface area contributed by atoms with E-state index in [-0.39, 0.29) is 5.82 Å². The lowest BCUT2D eigenvalue weighted by Gasteiger charge is -2.12. The summed E-state index contributed by atoms with van der Waals surface area (Å²) in [5.74, 6) is 1.68. The van der Waals surface area contributed by atoms with Gasteiger partial charge >= 0.3 is 5.69 Å².